The van der Waals surface area contributed by atoms with Crippen molar-refractivity contribution in [3.8, 4) is 0 Å². The van der Waals surface area contributed by atoms with Crippen LogP contribution in [0.4, 0.5) is 0 Å². The normalized spacial score (nSPS) is 30.2. The minimum absolute atomic E-state index is 0.0285. The monoisotopic (exact) mass is 184 g/mol. The number of hydrogen-bond acceptors (Lipinski definition) is 3. The summed E-state index contributed by atoms with van der Waals surface area (Å²) in [6.07, 6.45) is -0.518. The first kappa shape index (κ1) is 10.3. The predicted octanol–water partition coefficient (Wildman–Crippen LogP) is 1.14. The van der Waals surface area contributed by atoms with Crippen LogP contribution < -0.4 is 0 Å². The van der Waals surface area contributed by atoms with Gasteiger partial charge >= 0.3 is 0 Å². The Kier molecular flexibility index (Phi) is 2.81. The van der Waals surface area contributed by atoms with Gasteiger partial charge in [0.25, 0.3) is 0 Å². The molecule has 1 heterocycles. The highest BCUT2D eigenvalue weighted by Crippen LogP contribution is 2.22. The van der Waals surface area contributed by atoms with E-state index in [1.165, 1.54) is 0 Å². The highest BCUT2D eigenvalue weighted by atomic mass is 16.3. The van der Waals surface area contributed by atoms with E-state index in [0.29, 0.717) is 13.1 Å². The summed E-state index contributed by atoms with van der Waals surface area (Å²) in [5, 5.41) is 13.1. The molecule has 13 heavy (non-hydrogen) atoms. The van der Waals surface area contributed by atoms with Gasteiger partial charge in [0.1, 0.15) is 0 Å². The van der Waals surface area contributed by atoms with E-state index < -0.39 is 6.10 Å². The van der Waals surface area contributed by atoms with E-state index in [9.17, 15) is 5.11 Å². The summed E-state index contributed by atoms with van der Waals surface area (Å²) in [6.45, 7) is 7.48. The fourth-order valence-electron chi connectivity index (χ4n) is 1.50. The molecule has 0 unspecified atom stereocenters. The average Bonchev–Trinajstić information content (AvgIpc) is 2.32. The SMILES string of the molecule is CC(C)(C)N1C[C@@H](O)[C@H](N=[N+]=[N-])C1. The van der Waals surface area contributed by atoms with Gasteiger partial charge in [0, 0.05) is 23.5 Å². The van der Waals surface area contributed by atoms with Crippen LogP contribution in [0.25, 0.3) is 10.4 Å². The third-order valence-electron chi connectivity index (χ3n) is 2.41. The van der Waals surface area contributed by atoms with Crippen molar-refractivity contribution in [2.75, 3.05) is 13.1 Å². The highest BCUT2D eigenvalue weighted by Gasteiger charge is 2.35. The largest absolute Gasteiger partial charge is 0.391 e. The third kappa shape index (κ3) is 2.34. The molecule has 0 bridgehead atoms. The topological polar surface area (TPSA) is 72.2 Å². The van der Waals surface area contributed by atoms with Gasteiger partial charge < -0.3 is 5.11 Å². The number of hydrogen-bond donors (Lipinski definition) is 1. The van der Waals surface area contributed by atoms with Crippen molar-refractivity contribution in [3.05, 3.63) is 10.4 Å². The van der Waals surface area contributed by atoms with Gasteiger partial charge in [0.05, 0.1) is 12.1 Å². The van der Waals surface area contributed by atoms with E-state index in [-0.39, 0.29) is 11.6 Å². The zero-order chi connectivity index (χ0) is 10.1. The summed E-state index contributed by atoms with van der Waals surface area (Å²) in [7, 11) is 0. The van der Waals surface area contributed by atoms with Crippen molar-refractivity contribution in [1.82, 2.24) is 4.90 Å². The lowest BCUT2D eigenvalue weighted by Crippen LogP contribution is -2.40. The van der Waals surface area contributed by atoms with Crippen molar-refractivity contribution in [2.24, 2.45) is 5.11 Å². The maximum atomic E-state index is 9.55. The molecule has 1 saturated heterocycles. The number of aliphatic hydroxyl groups is 1. The molecule has 74 valence electrons. The molecule has 0 aromatic rings. The number of aliphatic hydroxyl groups excluding tert-OH is 1. The smallest absolute Gasteiger partial charge is 0.0773 e. The summed E-state index contributed by atoms with van der Waals surface area (Å²) >= 11 is 0. The Bertz CT molecular complexity index is 229. The molecule has 0 saturated carbocycles. The summed E-state index contributed by atoms with van der Waals surface area (Å²) in [6, 6.07) is -0.288. The lowest BCUT2D eigenvalue weighted by atomic mass is 10.1. The van der Waals surface area contributed by atoms with Crippen LogP contribution in [0.15, 0.2) is 5.11 Å². The Labute approximate surface area is 78.0 Å². The molecule has 1 aliphatic rings. The van der Waals surface area contributed by atoms with E-state index in [4.69, 9.17) is 5.53 Å². The Balaban J connectivity index is 2.65. The Morgan fingerprint density at radius 2 is 2.08 bits per heavy atom. The van der Waals surface area contributed by atoms with Gasteiger partial charge in [0.15, 0.2) is 0 Å². The van der Waals surface area contributed by atoms with Crippen molar-refractivity contribution in [2.45, 2.75) is 38.5 Å². The quantitative estimate of drug-likeness (QED) is 0.377. The number of azide groups is 1. The van der Waals surface area contributed by atoms with E-state index in [0.717, 1.165) is 0 Å². The van der Waals surface area contributed by atoms with Gasteiger partial charge in [-0.25, -0.2) is 0 Å². The molecule has 5 nitrogen and oxygen atoms in total. The van der Waals surface area contributed by atoms with Gasteiger partial charge in [-0.3, -0.25) is 4.90 Å². The van der Waals surface area contributed by atoms with Crippen LogP contribution in [0.2, 0.25) is 0 Å². The maximum Gasteiger partial charge on any atom is 0.0773 e. The molecule has 1 aliphatic heterocycles. The number of β-amino-alcohol motifs (C(OH)–C–C–N with tert-alkyl or cyclic N) is 1. The summed E-state index contributed by atoms with van der Waals surface area (Å²) < 4.78 is 0. The summed E-state index contributed by atoms with van der Waals surface area (Å²) in [4.78, 5) is 4.84. The van der Waals surface area contributed by atoms with Crippen molar-refractivity contribution in [1.29, 1.82) is 0 Å². The molecule has 1 fully saturated rings. The molecular formula is C8H16N4O. The minimum atomic E-state index is -0.518. The van der Waals surface area contributed by atoms with Crippen LogP contribution in [0.1, 0.15) is 20.8 Å². The van der Waals surface area contributed by atoms with Gasteiger partial charge in [-0.2, -0.15) is 0 Å². The maximum absolute atomic E-state index is 9.55. The Hall–Kier alpha value is -0.770. The third-order valence-corrected chi connectivity index (χ3v) is 2.41. The van der Waals surface area contributed by atoms with Gasteiger partial charge in [0.2, 0.25) is 0 Å². The van der Waals surface area contributed by atoms with E-state index in [2.05, 4.69) is 35.7 Å². The predicted molar refractivity (Wildman–Crippen MR) is 50.3 cm³/mol. The second-order valence-corrected chi connectivity index (χ2v) is 4.42. The Morgan fingerprint density at radius 1 is 1.46 bits per heavy atom. The summed E-state index contributed by atoms with van der Waals surface area (Å²) in [5.74, 6) is 0. The van der Waals surface area contributed by atoms with Gasteiger partial charge in [-0.15, -0.1) is 0 Å². The van der Waals surface area contributed by atoms with E-state index in [1.807, 2.05) is 0 Å². The molecule has 1 N–H and O–H groups in total. The number of rotatable bonds is 1. The van der Waals surface area contributed by atoms with Gasteiger partial charge in [-0.05, 0) is 26.3 Å². The van der Waals surface area contributed by atoms with E-state index in [1.54, 1.807) is 0 Å². The number of likely N-dealkylation sites (tertiary alicyclic amines) is 1. The molecule has 0 aliphatic carbocycles. The van der Waals surface area contributed by atoms with Crippen LogP contribution in [-0.2, 0) is 0 Å². The summed E-state index contributed by atoms with van der Waals surface area (Å²) in [5.41, 5.74) is 8.29. The molecule has 0 spiro atoms. The molecule has 0 aromatic carbocycles. The second kappa shape index (κ2) is 3.54. The molecule has 1 rings (SSSR count). The minimum Gasteiger partial charge on any atom is -0.391 e. The first-order valence-electron chi connectivity index (χ1n) is 4.42. The van der Waals surface area contributed by atoms with Crippen molar-refractivity contribution in [3.63, 3.8) is 0 Å². The molecule has 0 aromatic heterocycles. The fraction of sp³-hybridized carbons (Fsp3) is 1.00. The van der Waals surface area contributed by atoms with Crippen molar-refractivity contribution < 1.29 is 5.11 Å². The zero-order valence-electron chi connectivity index (χ0n) is 8.30. The van der Waals surface area contributed by atoms with Gasteiger partial charge in [-0.1, -0.05) is 5.11 Å². The first-order valence-corrected chi connectivity index (χ1v) is 4.42. The Morgan fingerprint density at radius 3 is 2.46 bits per heavy atom. The second-order valence-electron chi connectivity index (χ2n) is 4.42. The first-order chi connectivity index (χ1) is 5.95. The molecule has 5 heteroatoms. The molecule has 0 amide bonds. The molecular weight excluding hydrogens is 168 g/mol. The lowest BCUT2D eigenvalue weighted by Gasteiger charge is -2.31. The van der Waals surface area contributed by atoms with Crippen LogP contribution in [0.5, 0.6) is 0 Å². The van der Waals surface area contributed by atoms with Crippen LogP contribution in [0, 0.1) is 0 Å². The average molecular weight is 184 g/mol. The molecule has 2 atom stereocenters. The van der Waals surface area contributed by atoms with Crippen LogP contribution in [0.3, 0.4) is 0 Å². The van der Waals surface area contributed by atoms with Crippen molar-refractivity contribution >= 4 is 0 Å². The highest BCUT2D eigenvalue weighted by molar-refractivity contribution is 4.94. The zero-order valence-corrected chi connectivity index (χ0v) is 8.30. The van der Waals surface area contributed by atoms with Crippen LogP contribution in [-0.4, -0.2) is 40.8 Å². The lowest BCUT2D eigenvalue weighted by molar-refractivity contribution is 0.128. The standard InChI is InChI=1S/C8H16N4O/c1-8(2,3)12-4-6(10-11-9)7(13)5-12/h6-7,13H,4-5H2,1-3H3/t6-,7-/m1/s1. The van der Waals surface area contributed by atoms with Crippen LogP contribution >= 0.6 is 0 Å². The molecule has 0 radical (unpaired) electrons. The fourth-order valence-corrected chi connectivity index (χ4v) is 1.50. The number of nitrogens with zero attached hydrogens (tertiary/aromatic N) is 4. The van der Waals surface area contributed by atoms with E-state index >= 15 is 0 Å².